The maximum atomic E-state index is 12.0. The van der Waals surface area contributed by atoms with Crippen molar-refractivity contribution < 1.29 is 14.7 Å². The van der Waals surface area contributed by atoms with Gasteiger partial charge in [0.25, 0.3) is 0 Å². The maximum absolute atomic E-state index is 12.0. The predicted molar refractivity (Wildman–Crippen MR) is 82.3 cm³/mol. The fourth-order valence-corrected chi connectivity index (χ4v) is 2.76. The predicted octanol–water partition coefficient (Wildman–Crippen LogP) is 2.57. The molecule has 0 spiro atoms. The number of carbonyl (C=O) groups is 2. The van der Waals surface area contributed by atoms with Crippen molar-refractivity contribution in [1.82, 2.24) is 15.6 Å². The van der Waals surface area contributed by atoms with E-state index in [-0.39, 0.29) is 12.6 Å². The second-order valence-corrected chi connectivity index (χ2v) is 6.46. The molecule has 0 aliphatic heterocycles. The van der Waals surface area contributed by atoms with E-state index in [4.69, 9.17) is 0 Å². The van der Waals surface area contributed by atoms with Gasteiger partial charge in [-0.25, -0.2) is 9.78 Å². The molecule has 1 heterocycles. The van der Waals surface area contributed by atoms with Gasteiger partial charge >= 0.3 is 12.0 Å². The van der Waals surface area contributed by atoms with Gasteiger partial charge in [0.15, 0.2) is 0 Å². The summed E-state index contributed by atoms with van der Waals surface area (Å²) in [6, 6.07) is -0.386. The van der Waals surface area contributed by atoms with Crippen LogP contribution in [-0.2, 0) is 10.3 Å². The number of nitrogens with zero attached hydrogens (tertiary/aromatic N) is 1. The summed E-state index contributed by atoms with van der Waals surface area (Å²) in [6.07, 6.45) is 2.62. The molecule has 21 heavy (non-hydrogen) atoms. The van der Waals surface area contributed by atoms with Crippen LogP contribution in [0.3, 0.4) is 0 Å². The molecule has 1 aromatic heterocycles. The third-order valence-electron chi connectivity index (χ3n) is 3.79. The number of rotatable bonds is 7. The Balaban J connectivity index is 2.64. The number of hydrogen-bond donors (Lipinski definition) is 3. The van der Waals surface area contributed by atoms with E-state index < -0.39 is 16.9 Å². The Kier molecular flexibility index (Phi) is 5.71. The number of carboxylic acid groups (broad SMARTS) is 1. The van der Waals surface area contributed by atoms with Gasteiger partial charge in [-0.05, 0) is 26.7 Å². The second-order valence-electron chi connectivity index (χ2n) is 5.56. The molecule has 7 heteroatoms. The molecule has 118 valence electrons. The van der Waals surface area contributed by atoms with Crippen molar-refractivity contribution in [2.24, 2.45) is 5.41 Å². The quantitative estimate of drug-likeness (QED) is 0.721. The molecule has 0 saturated heterocycles. The molecule has 6 nitrogen and oxygen atoms in total. The molecule has 0 atom stereocenters. The van der Waals surface area contributed by atoms with E-state index in [1.807, 2.05) is 33.1 Å². The molecule has 0 radical (unpaired) electrons. The van der Waals surface area contributed by atoms with E-state index in [1.54, 1.807) is 6.20 Å². The molecule has 0 aliphatic carbocycles. The van der Waals surface area contributed by atoms with E-state index in [0.717, 1.165) is 5.01 Å². The number of hydrogen-bond acceptors (Lipinski definition) is 4. The lowest BCUT2D eigenvalue weighted by Gasteiger charge is -2.29. The summed E-state index contributed by atoms with van der Waals surface area (Å²) in [5, 5.41) is 17.5. The minimum atomic E-state index is -0.914. The van der Waals surface area contributed by atoms with Crippen LogP contribution in [0.2, 0.25) is 0 Å². The Labute approximate surface area is 129 Å². The Hall–Kier alpha value is -1.63. The van der Waals surface area contributed by atoms with Crippen LogP contribution in [0, 0.1) is 5.41 Å². The summed E-state index contributed by atoms with van der Waals surface area (Å²) < 4.78 is 0. The average molecular weight is 313 g/mol. The van der Waals surface area contributed by atoms with Gasteiger partial charge in [0.05, 0.1) is 11.0 Å². The van der Waals surface area contributed by atoms with Gasteiger partial charge in [0, 0.05) is 18.1 Å². The molecule has 2 amide bonds. The number of amides is 2. The van der Waals surface area contributed by atoms with Gasteiger partial charge in [0.2, 0.25) is 0 Å². The van der Waals surface area contributed by atoms with Gasteiger partial charge < -0.3 is 15.7 Å². The van der Waals surface area contributed by atoms with E-state index >= 15 is 0 Å². The lowest BCUT2D eigenvalue weighted by atomic mass is 9.82. The summed E-state index contributed by atoms with van der Waals surface area (Å²) in [5.41, 5.74) is -1.51. The van der Waals surface area contributed by atoms with Gasteiger partial charge in [-0.1, -0.05) is 13.8 Å². The van der Waals surface area contributed by atoms with Crippen LogP contribution in [0.4, 0.5) is 4.79 Å². The SMILES string of the molecule is CCC(CC)(CNC(=O)NC(C)(C)c1nccs1)C(=O)O. The van der Waals surface area contributed by atoms with E-state index in [0.29, 0.717) is 12.8 Å². The van der Waals surface area contributed by atoms with Crippen LogP contribution in [-0.4, -0.2) is 28.6 Å². The first-order valence-electron chi connectivity index (χ1n) is 6.97. The largest absolute Gasteiger partial charge is 0.481 e. The van der Waals surface area contributed by atoms with Crippen molar-refractivity contribution in [2.75, 3.05) is 6.54 Å². The van der Waals surface area contributed by atoms with Crippen LogP contribution in [0.5, 0.6) is 0 Å². The highest BCUT2D eigenvalue weighted by Crippen LogP contribution is 2.26. The zero-order chi connectivity index (χ0) is 16.1. The molecule has 0 fully saturated rings. The topological polar surface area (TPSA) is 91.3 Å². The van der Waals surface area contributed by atoms with E-state index in [2.05, 4.69) is 15.6 Å². The van der Waals surface area contributed by atoms with Crippen LogP contribution >= 0.6 is 11.3 Å². The molecular formula is C14H23N3O3S. The Morgan fingerprint density at radius 3 is 2.38 bits per heavy atom. The minimum Gasteiger partial charge on any atom is -0.481 e. The Morgan fingerprint density at radius 2 is 1.95 bits per heavy atom. The molecule has 0 bridgehead atoms. The first-order chi connectivity index (χ1) is 9.77. The summed E-state index contributed by atoms with van der Waals surface area (Å²) in [7, 11) is 0. The normalized spacial score (nSPS) is 12.0. The highest BCUT2D eigenvalue weighted by molar-refractivity contribution is 7.09. The van der Waals surface area contributed by atoms with Gasteiger partial charge in [-0.3, -0.25) is 4.79 Å². The zero-order valence-corrected chi connectivity index (χ0v) is 13.7. The van der Waals surface area contributed by atoms with Crippen molar-refractivity contribution in [2.45, 2.75) is 46.1 Å². The standard InChI is InChI=1S/C14H23N3O3S/c1-5-14(6-2,11(18)19)9-16-12(20)17-13(3,4)10-15-7-8-21-10/h7-8H,5-6,9H2,1-4H3,(H,18,19)(H2,16,17,20). The molecule has 0 aliphatic rings. The summed E-state index contributed by atoms with van der Waals surface area (Å²) in [4.78, 5) is 27.6. The molecule has 0 saturated carbocycles. The Bertz CT molecular complexity index is 482. The number of thiazole rings is 1. The molecule has 1 aromatic rings. The van der Waals surface area contributed by atoms with Crippen molar-refractivity contribution in [3.05, 3.63) is 16.6 Å². The number of nitrogens with one attached hydrogen (secondary N) is 2. The number of urea groups is 1. The molecule has 3 N–H and O–H groups in total. The fourth-order valence-electron chi connectivity index (χ4n) is 2.04. The first-order valence-corrected chi connectivity index (χ1v) is 7.84. The van der Waals surface area contributed by atoms with E-state index in [9.17, 15) is 14.7 Å². The van der Waals surface area contributed by atoms with Crippen molar-refractivity contribution in [1.29, 1.82) is 0 Å². The summed E-state index contributed by atoms with van der Waals surface area (Å²) in [5.74, 6) is -0.882. The van der Waals surface area contributed by atoms with Crippen LogP contribution < -0.4 is 10.6 Å². The van der Waals surface area contributed by atoms with Gasteiger partial charge in [-0.15, -0.1) is 11.3 Å². The second kappa shape index (κ2) is 6.89. The van der Waals surface area contributed by atoms with Crippen LogP contribution in [0.15, 0.2) is 11.6 Å². The summed E-state index contributed by atoms with van der Waals surface area (Å²) in [6.45, 7) is 7.45. The van der Waals surface area contributed by atoms with Crippen molar-refractivity contribution in [3.8, 4) is 0 Å². The lowest BCUT2D eigenvalue weighted by molar-refractivity contribution is -0.149. The molecule has 1 rings (SSSR count). The monoisotopic (exact) mass is 313 g/mol. The Morgan fingerprint density at radius 1 is 1.33 bits per heavy atom. The minimum absolute atomic E-state index is 0.106. The van der Waals surface area contributed by atoms with Gasteiger partial charge in [-0.2, -0.15) is 0 Å². The van der Waals surface area contributed by atoms with E-state index in [1.165, 1.54) is 11.3 Å². The molecule has 0 aromatic carbocycles. The highest BCUT2D eigenvalue weighted by atomic mass is 32.1. The van der Waals surface area contributed by atoms with Crippen LogP contribution in [0.25, 0.3) is 0 Å². The van der Waals surface area contributed by atoms with Crippen molar-refractivity contribution >= 4 is 23.3 Å². The lowest BCUT2D eigenvalue weighted by Crippen LogP contribution is -2.50. The fraction of sp³-hybridized carbons (Fsp3) is 0.643. The third kappa shape index (κ3) is 4.17. The average Bonchev–Trinajstić information content (AvgIpc) is 2.94. The number of carboxylic acids is 1. The smallest absolute Gasteiger partial charge is 0.315 e. The zero-order valence-electron chi connectivity index (χ0n) is 12.9. The summed E-state index contributed by atoms with van der Waals surface area (Å²) >= 11 is 1.46. The number of carbonyl (C=O) groups excluding carboxylic acids is 1. The third-order valence-corrected chi connectivity index (χ3v) is 4.88. The number of aliphatic carboxylic acids is 1. The van der Waals surface area contributed by atoms with Gasteiger partial charge in [0.1, 0.15) is 5.01 Å². The molecule has 0 unspecified atom stereocenters. The first kappa shape index (κ1) is 17.4. The van der Waals surface area contributed by atoms with Crippen LogP contribution in [0.1, 0.15) is 45.5 Å². The number of aromatic nitrogens is 1. The molecular weight excluding hydrogens is 290 g/mol. The van der Waals surface area contributed by atoms with Crippen molar-refractivity contribution in [3.63, 3.8) is 0 Å². The maximum Gasteiger partial charge on any atom is 0.315 e. The highest BCUT2D eigenvalue weighted by Gasteiger charge is 2.35.